The summed E-state index contributed by atoms with van der Waals surface area (Å²) < 4.78 is 1.80. The van der Waals surface area contributed by atoms with E-state index in [1.54, 1.807) is 4.68 Å². The molecule has 5 nitrogen and oxygen atoms in total. The summed E-state index contributed by atoms with van der Waals surface area (Å²) in [5, 5.41) is 20.6. The van der Waals surface area contributed by atoms with Crippen molar-refractivity contribution in [2.24, 2.45) is 0 Å². The quantitative estimate of drug-likeness (QED) is 0.840. The van der Waals surface area contributed by atoms with Crippen LogP contribution in [-0.4, -0.2) is 32.7 Å². The first kappa shape index (κ1) is 14.2. The summed E-state index contributed by atoms with van der Waals surface area (Å²) in [5.74, 6) is 0. The van der Waals surface area contributed by atoms with Gasteiger partial charge in [0.1, 0.15) is 0 Å². The van der Waals surface area contributed by atoms with Crippen molar-refractivity contribution < 1.29 is 5.11 Å². The maximum atomic E-state index is 8.81. The molecule has 0 radical (unpaired) electrons. The highest BCUT2D eigenvalue weighted by Gasteiger charge is 2.17. The molecule has 0 fully saturated rings. The molecule has 1 aromatic heterocycles. The zero-order valence-electron chi connectivity index (χ0n) is 12.2. The van der Waals surface area contributed by atoms with Gasteiger partial charge in [-0.1, -0.05) is 29.5 Å². The lowest BCUT2D eigenvalue weighted by Gasteiger charge is -2.25. The van der Waals surface area contributed by atoms with Crippen LogP contribution in [-0.2, 0) is 25.9 Å². The van der Waals surface area contributed by atoms with Crippen molar-refractivity contribution in [1.82, 2.24) is 20.3 Å². The van der Waals surface area contributed by atoms with E-state index in [9.17, 15) is 0 Å². The number of aromatic nitrogens is 3. The van der Waals surface area contributed by atoms with Crippen LogP contribution in [0.2, 0.25) is 0 Å². The second-order valence-corrected chi connectivity index (χ2v) is 5.64. The van der Waals surface area contributed by atoms with Gasteiger partial charge in [-0.15, -0.1) is 5.10 Å². The topological polar surface area (TPSA) is 63.0 Å². The van der Waals surface area contributed by atoms with Crippen molar-refractivity contribution in [3.8, 4) is 0 Å². The fourth-order valence-electron chi connectivity index (χ4n) is 2.88. The molecule has 0 saturated heterocycles. The van der Waals surface area contributed by atoms with Gasteiger partial charge in [-0.2, -0.15) is 0 Å². The van der Waals surface area contributed by atoms with Crippen LogP contribution in [0.5, 0.6) is 0 Å². The van der Waals surface area contributed by atoms with Crippen molar-refractivity contribution in [2.75, 3.05) is 6.61 Å². The highest BCUT2D eigenvalue weighted by Crippen LogP contribution is 2.21. The molecule has 3 rings (SSSR count). The SMILES string of the molecule is OCCCn1cc(CNC2CCc3ccccc3C2)nn1. The highest BCUT2D eigenvalue weighted by atomic mass is 16.3. The third-order valence-corrected chi connectivity index (χ3v) is 4.05. The Hall–Kier alpha value is -1.72. The monoisotopic (exact) mass is 286 g/mol. The number of aliphatic hydroxyl groups is 1. The largest absolute Gasteiger partial charge is 0.396 e. The van der Waals surface area contributed by atoms with Gasteiger partial charge >= 0.3 is 0 Å². The molecule has 1 heterocycles. The van der Waals surface area contributed by atoms with Crippen molar-refractivity contribution in [3.63, 3.8) is 0 Å². The van der Waals surface area contributed by atoms with Crippen LogP contribution in [0.3, 0.4) is 0 Å². The fraction of sp³-hybridized carbons (Fsp3) is 0.500. The highest BCUT2D eigenvalue weighted by molar-refractivity contribution is 5.30. The first-order valence-electron chi connectivity index (χ1n) is 7.65. The number of rotatable bonds is 6. The van der Waals surface area contributed by atoms with Gasteiger partial charge < -0.3 is 10.4 Å². The molecular weight excluding hydrogens is 264 g/mol. The van der Waals surface area contributed by atoms with E-state index in [0.29, 0.717) is 6.04 Å². The maximum absolute atomic E-state index is 8.81. The maximum Gasteiger partial charge on any atom is 0.0964 e. The smallest absolute Gasteiger partial charge is 0.0964 e. The summed E-state index contributed by atoms with van der Waals surface area (Å²) >= 11 is 0. The molecule has 0 amide bonds. The van der Waals surface area contributed by atoms with Crippen LogP contribution in [0.4, 0.5) is 0 Å². The molecule has 1 unspecified atom stereocenters. The van der Waals surface area contributed by atoms with Crippen LogP contribution in [0.1, 0.15) is 29.7 Å². The molecule has 1 aliphatic carbocycles. The summed E-state index contributed by atoms with van der Waals surface area (Å²) in [4.78, 5) is 0. The fourth-order valence-corrected chi connectivity index (χ4v) is 2.88. The molecule has 5 heteroatoms. The number of nitrogens with one attached hydrogen (secondary N) is 1. The minimum atomic E-state index is 0.189. The molecule has 0 saturated carbocycles. The Kier molecular flexibility index (Phi) is 4.62. The second-order valence-electron chi connectivity index (χ2n) is 5.64. The van der Waals surface area contributed by atoms with Gasteiger partial charge in [-0.05, 0) is 36.8 Å². The third-order valence-electron chi connectivity index (χ3n) is 4.05. The van der Waals surface area contributed by atoms with Gasteiger partial charge in [-0.3, -0.25) is 4.68 Å². The van der Waals surface area contributed by atoms with E-state index in [-0.39, 0.29) is 6.61 Å². The molecule has 0 bridgehead atoms. The summed E-state index contributed by atoms with van der Waals surface area (Å²) in [5.41, 5.74) is 3.92. The molecule has 1 aliphatic rings. The van der Waals surface area contributed by atoms with Crippen molar-refractivity contribution >= 4 is 0 Å². The number of nitrogens with zero attached hydrogens (tertiary/aromatic N) is 3. The van der Waals surface area contributed by atoms with E-state index in [2.05, 4.69) is 39.9 Å². The third kappa shape index (κ3) is 3.68. The molecule has 2 N–H and O–H groups in total. The van der Waals surface area contributed by atoms with Crippen LogP contribution in [0.15, 0.2) is 30.5 Å². The number of benzene rings is 1. The second kappa shape index (κ2) is 6.83. The Bertz CT molecular complexity index is 581. The predicted octanol–water partition coefficient (Wildman–Crippen LogP) is 1.31. The van der Waals surface area contributed by atoms with Gasteiger partial charge in [0.25, 0.3) is 0 Å². The Morgan fingerprint density at radius 2 is 2.14 bits per heavy atom. The van der Waals surface area contributed by atoms with E-state index < -0.39 is 0 Å². The summed E-state index contributed by atoms with van der Waals surface area (Å²) in [6.45, 7) is 1.67. The minimum absolute atomic E-state index is 0.189. The van der Waals surface area contributed by atoms with Crippen LogP contribution in [0.25, 0.3) is 0 Å². The number of fused-ring (bicyclic) bond motifs is 1. The van der Waals surface area contributed by atoms with Crippen molar-refractivity contribution in [2.45, 2.75) is 44.8 Å². The molecule has 0 spiro atoms. The summed E-state index contributed by atoms with van der Waals surface area (Å²) in [7, 11) is 0. The lowest BCUT2D eigenvalue weighted by molar-refractivity contribution is 0.276. The average Bonchev–Trinajstić information content (AvgIpc) is 2.98. The van der Waals surface area contributed by atoms with Crippen LogP contribution >= 0.6 is 0 Å². The first-order valence-corrected chi connectivity index (χ1v) is 7.65. The summed E-state index contributed by atoms with van der Waals surface area (Å²) in [6, 6.07) is 9.22. The predicted molar refractivity (Wildman–Crippen MR) is 80.8 cm³/mol. The van der Waals surface area contributed by atoms with Crippen LogP contribution in [0, 0.1) is 0 Å². The van der Waals surface area contributed by atoms with E-state index in [1.807, 2.05) is 6.20 Å². The van der Waals surface area contributed by atoms with Gasteiger partial charge in [0.2, 0.25) is 0 Å². The van der Waals surface area contributed by atoms with E-state index >= 15 is 0 Å². The number of aliphatic hydroxyl groups excluding tert-OH is 1. The molecule has 2 aromatic rings. The molecule has 21 heavy (non-hydrogen) atoms. The minimum Gasteiger partial charge on any atom is -0.396 e. The van der Waals surface area contributed by atoms with Gasteiger partial charge in [0, 0.05) is 31.9 Å². The standard InChI is InChI=1S/C16H22N4O/c21-9-3-8-20-12-16(18-19-20)11-17-15-7-6-13-4-1-2-5-14(13)10-15/h1-2,4-5,12,15,17,21H,3,6-11H2. The van der Waals surface area contributed by atoms with Crippen molar-refractivity contribution in [1.29, 1.82) is 0 Å². The van der Waals surface area contributed by atoms with Crippen LogP contribution < -0.4 is 5.32 Å². The number of aryl methyl sites for hydroxylation is 2. The Labute approximate surface area is 125 Å². The zero-order chi connectivity index (χ0) is 14.5. The zero-order valence-corrected chi connectivity index (χ0v) is 12.2. The molecule has 1 atom stereocenters. The van der Waals surface area contributed by atoms with Gasteiger partial charge in [-0.25, -0.2) is 0 Å². The van der Waals surface area contributed by atoms with Gasteiger partial charge in [0.15, 0.2) is 0 Å². The lowest BCUT2D eigenvalue weighted by Crippen LogP contribution is -2.34. The normalized spacial score (nSPS) is 17.7. The Balaban J connectivity index is 1.51. The number of hydrogen-bond acceptors (Lipinski definition) is 4. The lowest BCUT2D eigenvalue weighted by atomic mass is 9.88. The van der Waals surface area contributed by atoms with E-state index in [0.717, 1.165) is 38.0 Å². The Morgan fingerprint density at radius 3 is 3.00 bits per heavy atom. The molecule has 0 aliphatic heterocycles. The summed E-state index contributed by atoms with van der Waals surface area (Å²) in [6.07, 6.45) is 6.09. The number of hydrogen-bond donors (Lipinski definition) is 2. The van der Waals surface area contributed by atoms with E-state index in [1.165, 1.54) is 17.5 Å². The van der Waals surface area contributed by atoms with Crippen molar-refractivity contribution in [3.05, 3.63) is 47.3 Å². The molecule has 1 aromatic carbocycles. The molecule has 112 valence electrons. The first-order chi connectivity index (χ1) is 10.3. The van der Waals surface area contributed by atoms with Gasteiger partial charge in [0.05, 0.1) is 5.69 Å². The average molecular weight is 286 g/mol. The Morgan fingerprint density at radius 1 is 1.29 bits per heavy atom. The molecular formula is C16H22N4O. The van der Waals surface area contributed by atoms with E-state index in [4.69, 9.17) is 5.11 Å².